The summed E-state index contributed by atoms with van der Waals surface area (Å²) < 4.78 is 16.5. The number of hydrogen-bond donors (Lipinski definition) is 2. The smallest absolute Gasteiger partial charge is 0.251 e. The summed E-state index contributed by atoms with van der Waals surface area (Å²) in [5, 5.41) is 10.7. The molecule has 1 fully saturated rings. The lowest BCUT2D eigenvalue weighted by Gasteiger charge is -2.17. The zero-order chi connectivity index (χ0) is 23.2. The van der Waals surface area contributed by atoms with Crippen molar-refractivity contribution in [2.75, 3.05) is 38.3 Å². The summed E-state index contributed by atoms with van der Waals surface area (Å²) in [5.41, 5.74) is 2.54. The summed E-state index contributed by atoms with van der Waals surface area (Å²) in [7, 11) is 1.65. The third-order valence-corrected chi connectivity index (χ3v) is 5.62. The molecule has 174 valence electrons. The van der Waals surface area contributed by atoms with Crippen molar-refractivity contribution < 1.29 is 19.0 Å². The minimum atomic E-state index is -0.119. The standard InChI is InChI=1S/C25H30N4O4/c1-4-32-22-11-8-18(14-23(22)33-5-2)25(30)26-19-12-13-29(16-19)24-15-21(27-28-24)17-6-9-20(31-3)10-7-17/h6-11,14-15,19H,4-5,12-13,16H2,1-3H3,(H,26,30)(H,27,28)/t19-/m0/s1. The Hall–Kier alpha value is -3.68. The number of rotatable bonds is 9. The molecule has 0 radical (unpaired) electrons. The van der Waals surface area contributed by atoms with E-state index in [2.05, 4.69) is 20.4 Å². The second-order valence-corrected chi connectivity index (χ2v) is 7.80. The van der Waals surface area contributed by atoms with E-state index in [9.17, 15) is 4.79 Å². The van der Waals surface area contributed by atoms with Crippen LogP contribution >= 0.6 is 0 Å². The maximum Gasteiger partial charge on any atom is 0.251 e. The van der Waals surface area contributed by atoms with Crippen LogP contribution in [0.3, 0.4) is 0 Å². The van der Waals surface area contributed by atoms with E-state index >= 15 is 0 Å². The fourth-order valence-corrected chi connectivity index (χ4v) is 3.94. The van der Waals surface area contributed by atoms with Crippen LogP contribution in [0.15, 0.2) is 48.5 Å². The molecular formula is C25H30N4O4. The summed E-state index contributed by atoms with van der Waals surface area (Å²) in [4.78, 5) is 15.0. The molecule has 8 heteroatoms. The van der Waals surface area contributed by atoms with Gasteiger partial charge in [0.2, 0.25) is 0 Å². The van der Waals surface area contributed by atoms with Gasteiger partial charge in [-0.2, -0.15) is 5.10 Å². The van der Waals surface area contributed by atoms with Gasteiger partial charge in [0, 0.05) is 30.8 Å². The van der Waals surface area contributed by atoms with Crippen molar-refractivity contribution in [1.82, 2.24) is 15.5 Å². The molecule has 2 aromatic carbocycles. The molecule has 4 rings (SSSR count). The third kappa shape index (κ3) is 5.22. The van der Waals surface area contributed by atoms with E-state index in [0.717, 1.165) is 35.8 Å². The molecule has 8 nitrogen and oxygen atoms in total. The van der Waals surface area contributed by atoms with Crippen molar-refractivity contribution >= 4 is 11.7 Å². The molecule has 33 heavy (non-hydrogen) atoms. The average Bonchev–Trinajstić information content (AvgIpc) is 3.50. The quantitative estimate of drug-likeness (QED) is 0.514. The molecule has 1 aliphatic heterocycles. The Morgan fingerprint density at radius 1 is 1.09 bits per heavy atom. The van der Waals surface area contributed by atoms with Gasteiger partial charge in [0.25, 0.3) is 5.91 Å². The van der Waals surface area contributed by atoms with E-state index in [0.29, 0.717) is 36.8 Å². The number of methoxy groups -OCH3 is 1. The number of aromatic nitrogens is 2. The lowest BCUT2D eigenvalue weighted by Crippen LogP contribution is -2.37. The van der Waals surface area contributed by atoms with Gasteiger partial charge in [0.1, 0.15) is 5.75 Å². The number of benzene rings is 2. The highest BCUT2D eigenvalue weighted by Gasteiger charge is 2.26. The molecule has 1 aliphatic rings. The first-order valence-corrected chi connectivity index (χ1v) is 11.3. The molecule has 0 aliphatic carbocycles. The van der Waals surface area contributed by atoms with Gasteiger partial charge >= 0.3 is 0 Å². The lowest BCUT2D eigenvalue weighted by molar-refractivity contribution is 0.0940. The van der Waals surface area contributed by atoms with Crippen LogP contribution in [0.5, 0.6) is 17.2 Å². The van der Waals surface area contributed by atoms with E-state index in [1.165, 1.54) is 0 Å². The first-order chi connectivity index (χ1) is 16.1. The summed E-state index contributed by atoms with van der Waals surface area (Å²) in [5.74, 6) is 2.80. The zero-order valence-electron chi connectivity index (χ0n) is 19.3. The van der Waals surface area contributed by atoms with Crippen LogP contribution in [-0.2, 0) is 0 Å². The van der Waals surface area contributed by atoms with Gasteiger partial charge in [-0.3, -0.25) is 9.89 Å². The number of ether oxygens (including phenoxy) is 3. The molecule has 0 unspecified atom stereocenters. The number of nitrogens with one attached hydrogen (secondary N) is 2. The maximum atomic E-state index is 12.9. The fourth-order valence-electron chi connectivity index (χ4n) is 3.94. The number of hydrogen-bond acceptors (Lipinski definition) is 6. The highest BCUT2D eigenvalue weighted by atomic mass is 16.5. The Labute approximate surface area is 193 Å². The van der Waals surface area contributed by atoms with Gasteiger partial charge in [0.15, 0.2) is 17.3 Å². The number of carbonyl (C=O) groups excluding carboxylic acids is 1. The van der Waals surface area contributed by atoms with E-state index in [1.54, 1.807) is 25.3 Å². The number of H-pyrrole nitrogens is 1. The second kappa shape index (κ2) is 10.3. The molecular weight excluding hydrogens is 420 g/mol. The Bertz CT molecular complexity index is 1080. The fraction of sp³-hybridized carbons (Fsp3) is 0.360. The monoisotopic (exact) mass is 450 g/mol. The predicted molar refractivity (Wildman–Crippen MR) is 127 cm³/mol. The Kier molecular flexibility index (Phi) is 7.02. The molecule has 3 aromatic rings. The van der Waals surface area contributed by atoms with Crippen molar-refractivity contribution in [1.29, 1.82) is 0 Å². The van der Waals surface area contributed by atoms with Gasteiger partial charge in [-0.05, 0) is 68.3 Å². The van der Waals surface area contributed by atoms with Gasteiger partial charge < -0.3 is 24.4 Å². The van der Waals surface area contributed by atoms with Crippen molar-refractivity contribution in [3.05, 3.63) is 54.1 Å². The number of nitrogens with zero attached hydrogens (tertiary/aromatic N) is 2. The average molecular weight is 451 g/mol. The largest absolute Gasteiger partial charge is 0.497 e. The molecule has 1 amide bonds. The van der Waals surface area contributed by atoms with Crippen LogP contribution < -0.4 is 24.4 Å². The minimum Gasteiger partial charge on any atom is -0.497 e. The first-order valence-electron chi connectivity index (χ1n) is 11.3. The molecule has 0 spiro atoms. The van der Waals surface area contributed by atoms with Crippen LogP contribution in [-0.4, -0.2) is 55.6 Å². The van der Waals surface area contributed by atoms with E-state index in [-0.39, 0.29) is 11.9 Å². The molecule has 2 heterocycles. The number of carbonyl (C=O) groups is 1. The summed E-state index contributed by atoms with van der Waals surface area (Å²) >= 11 is 0. The maximum absolute atomic E-state index is 12.9. The van der Waals surface area contributed by atoms with Crippen LogP contribution in [0.25, 0.3) is 11.3 Å². The molecule has 2 N–H and O–H groups in total. The van der Waals surface area contributed by atoms with Crippen LogP contribution in [0.2, 0.25) is 0 Å². The summed E-state index contributed by atoms with van der Waals surface area (Å²) in [6.45, 7) is 6.40. The zero-order valence-corrected chi connectivity index (χ0v) is 19.3. The van der Waals surface area contributed by atoms with Crippen LogP contribution in [0, 0.1) is 0 Å². The molecule has 0 saturated carbocycles. The molecule has 1 saturated heterocycles. The van der Waals surface area contributed by atoms with Gasteiger partial charge in [-0.1, -0.05) is 0 Å². The molecule has 0 bridgehead atoms. The van der Waals surface area contributed by atoms with Crippen molar-refractivity contribution in [3.63, 3.8) is 0 Å². The summed E-state index contributed by atoms with van der Waals surface area (Å²) in [6, 6.07) is 15.2. The van der Waals surface area contributed by atoms with Crippen molar-refractivity contribution in [2.45, 2.75) is 26.3 Å². The number of anilines is 1. The Balaban J connectivity index is 1.38. The molecule has 1 atom stereocenters. The van der Waals surface area contributed by atoms with Crippen LogP contribution in [0.1, 0.15) is 30.6 Å². The normalized spacial score (nSPS) is 15.4. The van der Waals surface area contributed by atoms with E-state index < -0.39 is 0 Å². The highest BCUT2D eigenvalue weighted by Crippen LogP contribution is 2.29. The second-order valence-electron chi connectivity index (χ2n) is 7.80. The summed E-state index contributed by atoms with van der Waals surface area (Å²) in [6.07, 6.45) is 0.853. The van der Waals surface area contributed by atoms with Gasteiger partial charge in [-0.15, -0.1) is 0 Å². The lowest BCUT2D eigenvalue weighted by atomic mass is 10.1. The van der Waals surface area contributed by atoms with Crippen LogP contribution in [0.4, 0.5) is 5.82 Å². The SMILES string of the molecule is CCOc1ccc(C(=O)N[C@H]2CCN(c3cc(-c4ccc(OC)cc4)[nH]n3)C2)cc1OCC. The predicted octanol–water partition coefficient (Wildman–Crippen LogP) is 3.89. The van der Waals surface area contributed by atoms with Crippen molar-refractivity contribution in [3.8, 4) is 28.5 Å². The minimum absolute atomic E-state index is 0.0424. The van der Waals surface area contributed by atoms with E-state index in [4.69, 9.17) is 14.2 Å². The first kappa shape index (κ1) is 22.5. The third-order valence-electron chi connectivity index (χ3n) is 5.62. The van der Waals surface area contributed by atoms with Crippen molar-refractivity contribution in [2.24, 2.45) is 0 Å². The number of aromatic amines is 1. The molecule has 1 aromatic heterocycles. The van der Waals surface area contributed by atoms with E-state index in [1.807, 2.05) is 44.2 Å². The topological polar surface area (TPSA) is 88.7 Å². The van der Waals surface area contributed by atoms with Gasteiger partial charge in [-0.25, -0.2) is 0 Å². The Morgan fingerprint density at radius 2 is 1.85 bits per heavy atom. The number of amides is 1. The van der Waals surface area contributed by atoms with Gasteiger partial charge in [0.05, 0.1) is 26.0 Å². The Morgan fingerprint density at radius 3 is 2.58 bits per heavy atom. The highest BCUT2D eigenvalue weighted by molar-refractivity contribution is 5.95.